The predicted molar refractivity (Wildman–Crippen MR) is 44.8 cm³/mol. The standard InChI is InChI=1S/C7H11N3O2/c8-4-3-6-1-2-7(9-5-6)10(11)12/h1-2,9H,3-5,8H2. The summed E-state index contributed by atoms with van der Waals surface area (Å²) in [6, 6.07) is 0. The average Bonchev–Trinajstić information content (AvgIpc) is 2.06. The molecule has 3 N–H and O–H groups in total. The number of nitrogens with zero attached hydrogens (tertiary/aromatic N) is 1. The molecule has 0 fully saturated rings. The highest BCUT2D eigenvalue weighted by atomic mass is 16.6. The predicted octanol–water partition coefficient (Wildman–Crippen LogP) is -0.0171. The molecule has 0 aromatic rings. The lowest BCUT2D eigenvalue weighted by atomic mass is 10.1. The van der Waals surface area contributed by atoms with Gasteiger partial charge >= 0.3 is 5.82 Å². The lowest BCUT2D eigenvalue weighted by molar-refractivity contribution is -0.431. The Kier molecular flexibility index (Phi) is 2.82. The zero-order valence-corrected chi connectivity index (χ0v) is 6.62. The molecule has 1 aliphatic rings. The van der Waals surface area contributed by atoms with Crippen LogP contribution in [0, 0.1) is 10.1 Å². The molecule has 0 saturated carbocycles. The Hall–Kier alpha value is -1.36. The van der Waals surface area contributed by atoms with Crippen LogP contribution in [-0.2, 0) is 0 Å². The molecule has 5 heteroatoms. The summed E-state index contributed by atoms with van der Waals surface area (Å²) >= 11 is 0. The third-order valence-corrected chi connectivity index (χ3v) is 1.64. The molecule has 0 radical (unpaired) electrons. The van der Waals surface area contributed by atoms with Crippen molar-refractivity contribution in [2.75, 3.05) is 13.1 Å². The van der Waals surface area contributed by atoms with Gasteiger partial charge in [0.2, 0.25) is 0 Å². The first kappa shape index (κ1) is 8.73. The molecule has 0 unspecified atom stereocenters. The normalized spacial score (nSPS) is 16.1. The molecule has 0 atom stereocenters. The lowest BCUT2D eigenvalue weighted by Gasteiger charge is -2.09. The summed E-state index contributed by atoms with van der Waals surface area (Å²) in [7, 11) is 0. The first-order valence-corrected chi connectivity index (χ1v) is 3.72. The minimum absolute atomic E-state index is 0.0516. The summed E-state index contributed by atoms with van der Waals surface area (Å²) in [5.41, 5.74) is 6.43. The molecule has 0 aromatic carbocycles. The Bertz CT molecular complexity index is 245. The van der Waals surface area contributed by atoms with Gasteiger partial charge in [0.15, 0.2) is 0 Å². The average molecular weight is 169 g/mol. The van der Waals surface area contributed by atoms with Gasteiger partial charge in [0.05, 0.1) is 0 Å². The summed E-state index contributed by atoms with van der Waals surface area (Å²) in [6.07, 6.45) is 4.00. The molecule has 1 rings (SSSR count). The molecule has 0 saturated heterocycles. The van der Waals surface area contributed by atoms with E-state index in [0.717, 1.165) is 12.0 Å². The first-order valence-electron chi connectivity index (χ1n) is 3.72. The van der Waals surface area contributed by atoms with E-state index >= 15 is 0 Å². The molecule has 1 heterocycles. The number of nitro groups is 1. The van der Waals surface area contributed by atoms with Gasteiger partial charge in [-0.1, -0.05) is 6.08 Å². The van der Waals surface area contributed by atoms with Gasteiger partial charge in [-0.25, -0.2) is 0 Å². The maximum atomic E-state index is 10.2. The number of hydrogen-bond acceptors (Lipinski definition) is 4. The Balaban J connectivity index is 2.60. The van der Waals surface area contributed by atoms with Crippen LogP contribution in [0.25, 0.3) is 0 Å². The highest BCUT2D eigenvalue weighted by molar-refractivity contribution is 5.20. The summed E-state index contributed by atoms with van der Waals surface area (Å²) in [6.45, 7) is 1.11. The minimum Gasteiger partial charge on any atom is -0.358 e. The highest BCUT2D eigenvalue weighted by Crippen LogP contribution is 2.06. The molecule has 5 nitrogen and oxygen atoms in total. The van der Waals surface area contributed by atoms with Gasteiger partial charge < -0.3 is 15.8 Å². The fourth-order valence-electron chi connectivity index (χ4n) is 1.00. The lowest BCUT2D eigenvalue weighted by Crippen LogP contribution is -2.25. The van der Waals surface area contributed by atoms with Gasteiger partial charge in [-0.3, -0.25) is 5.32 Å². The monoisotopic (exact) mass is 169 g/mol. The number of nitrogens with two attached hydrogens (primary N) is 1. The van der Waals surface area contributed by atoms with E-state index in [1.807, 2.05) is 0 Å². The Morgan fingerprint density at radius 2 is 2.42 bits per heavy atom. The third-order valence-electron chi connectivity index (χ3n) is 1.64. The fourth-order valence-corrected chi connectivity index (χ4v) is 1.00. The van der Waals surface area contributed by atoms with Crippen LogP contribution in [-0.4, -0.2) is 18.0 Å². The molecular formula is C7H11N3O2. The second-order valence-corrected chi connectivity index (χ2v) is 2.53. The number of allylic oxidation sites excluding steroid dienone is 2. The Morgan fingerprint density at radius 3 is 2.83 bits per heavy atom. The Morgan fingerprint density at radius 1 is 1.67 bits per heavy atom. The van der Waals surface area contributed by atoms with Crippen LogP contribution in [0.1, 0.15) is 6.42 Å². The van der Waals surface area contributed by atoms with E-state index in [9.17, 15) is 10.1 Å². The molecule has 0 aliphatic carbocycles. The van der Waals surface area contributed by atoms with Crippen molar-refractivity contribution < 1.29 is 4.92 Å². The van der Waals surface area contributed by atoms with E-state index in [1.54, 1.807) is 6.08 Å². The number of nitrogens with one attached hydrogen (secondary N) is 1. The molecule has 0 aromatic heterocycles. The topological polar surface area (TPSA) is 81.2 Å². The number of dihydropyridines is 1. The summed E-state index contributed by atoms with van der Waals surface area (Å²) in [5, 5.41) is 12.9. The minimum atomic E-state index is -0.435. The summed E-state index contributed by atoms with van der Waals surface area (Å²) < 4.78 is 0. The molecule has 0 bridgehead atoms. The van der Waals surface area contributed by atoms with Crippen LogP contribution >= 0.6 is 0 Å². The van der Waals surface area contributed by atoms with E-state index in [1.165, 1.54) is 6.08 Å². The van der Waals surface area contributed by atoms with E-state index in [-0.39, 0.29) is 5.82 Å². The highest BCUT2D eigenvalue weighted by Gasteiger charge is 2.12. The van der Waals surface area contributed by atoms with Gasteiger partial charge in [-0.05, 0) is 23.5 Å². The van der Waals surface area contributed by atoms with E-state index in [2.05, 4.69) is 5.32 Å². The first-order chi connectivity index (χ1) is 5.74. The van der Waals surface area contributed by atoms with E-state index in [0.29, 0.717) is 13.1 Å². The van der Waals surface area contributed by atoms with Crippen LogP contribution in [0.5, 0.6) is 0 Å². The molecular weight excluding hydrogens is 158 g/mol. The van der Waals surface area contributed by atoms with Gasteiger partial charge in [0, 0.05) is 6.08 Å². The zero-order valence-electron chi connectivity index (χ0n) is 6.62. The van der Waals surface area contributed by atoms with Gasteiger partial charge in [0.1, 0.15) is 6.54 Å². The smallest absolute Gasteiger partial charge is 0.316 e. The van der Waals surface area contributed by atoms with Crippen LogP contribution in [0.2, 0.25) is 0 Å². The summed E-state index contributed by atoms with van der Waals surface area (Å²) in [5.74, 6) is 0.0516. The second kappa shape index (κ2) is 3.87. The van der Waals surface area contributed by atoms with Crippen molar-refractivity contribution in [2.45, 2.75) is 6.42 Å². The van der Waals surface area contributed by atoms with Crippen molar-refractivity contribution in [1.29, 1.82) is 0 Å². The van der Waals surface area contributed by atoms with Gasteiger partial charge in [0.25, 0.3) is 0 Å². The SMILES string of the molecule is NCCC1=CC=C([N+](=O)[O-])NC1. The number of hydrogen-bond donors (Lipinski definition) is 2. The molecule has 12 heavy (non-hydrogen) atoms. The van der Waals surface area contributed by atoms with E-state index in [4.69, 9.17) is 5.73 Å². The molecule has 1 aliphatic heterocycles. The van der Waals surface area contributed by atoms with Gasteiger partial charge in [-0.15, -0.1) is 0 Å². The molecule has 0 spiro atoms. The zero-order chi connectivity index (χ0) is 8.97. The fraction of sp³-hybridized carbons (Fsp3) is 0.429. The van der Waals surface area contributed by atoms with Crippen LogP contribution in [0.4, 0.5) is 0 Å². The van der Waals surface area contributed by atoms with Crippen molar-refractivity contribution in [3.05, 3.63) is 33.7 Å². The van der Waals surface area contributed by atoms with Crippen molar-refractivity contribution >= 4 is 0 Å². The maximum absolute atomic E-state index is 10.2. The molecule has 0 amide bonds. The Labute approximate surface area is 70.1 Å². The largest absolute Gasteiger partial charge is 0.358 e. The quantitative estimate of drug-likeness (QED) is 0.459. The summed E-state index contributed by atoms with van der Waals surface area (Å²) in [4.78, 5) is 9.80. The number of rotatable bonds is 3. The molecule has 66 valence electrons. The van der Waals surface area contributed by atoms with Crippen molar-refractivity contribution in [3.63, 3.8) is 0 Å². The second-order valence-electron chi connectivity index (χ2n) is 2.53. The van der Waals surface area contributed by atoms with Crippen molar-refractivity contribution in [3.8, 4) is 0 Å². The van der Waals surface area contributed by atoms with Crippen LogP contribution < -0.4 is 11.1 Å². The van der Waals surface area contributed by atoms with E-state index < -0.39 is 4.92 Å². The van der Waals surface area contributed by atoms with Crippen LogP contribution in [0.15, 0.2) is 23.5 Å². The third kappa shape index (κ3) is 2.06. The van der Waals surface area contributed by atoms with Crippen molar-refractivity contribution in [1.82, 2.24) is 5.32 Å². The maximum Gasteiger partial charge on any atom is 0.316 e. The van der Waals surface area contributed by atoms with Crippen LogP contribution in [0.3, 0.4) is 0 Å². The van der Waals surface area contributed by atoms with Crippen molar-refractivity contribution in [2.24, 2.45) is 5.73 Å². The van der Waals surface area contributed by atoms with Gasteiger partial charge in [-0.2, -0.15) is 0 Å².